The molecule has 88 valence electrons. The minimum Gasteiger partial charge on any atom is -0.308 e. The Labute approximate surface area is 112 Å². The van der Waals surface area contributed by atoms with Crippen molar-refractivity contribution >= 4 is 34.4 Å². The van der Waals surface area contributed by atoms with Gasteiger partial charge in [-0.2, -0.15) is 11.8 Å². The summed E-state index contributed by atoms with van der Waals surface area (Å²) in [6.07, 6.45) is 0. The van der Waals surface area contributed by atoms with E-state index >= 15 is 0 Å². The maximum atomic E-state index is 11.7. The normalized spacial score (nSPS) is 22.3. The number of nitrogens with one attached hydrogen (secondary N) is 1. The fourth-order valence-electron chi connectivity index (χ4n) is 1.73. The summed E-state index contributed by atoms with van der Waals surface area (Å²) in [6, 6.07) is 0.238. The van der Waals surface area contributed by atoms with Gasteiger partial charge >= 0.3 is 0 Å². The molecular weight excluding hydrogens is 337 g/mol. The highest BCUT2D eigenvalue weighted by Crippen LogP contribution is 2.25. The van der Waals surface area contributed by atoms with Gasteiger partial charge in [0.2, 0.25) is 0 Å². The topological polar surface area (TPSA) is 49.0 Å². The van der Waals surface area contributed by atoms with Crippen molar-refractivity contribution in [2.24, 2.45) is 0 Å². The van der Waals surface area contributed by atoms with Crippen molar-refractivity contribution in [3.63, 3.8) is 0 Å². The molecule has 1 aromatic heterocycles. The van der Waals surface area contributed by atoms with Crippen molar-refractivity contribution in [3.8, 4) is 0 Å². The molecule has 1 aliphatic heterocycles. The van der Waals surface area contributed by atoms with Gasteiger partial charge in [-0.15, -0.1) is 0 Å². The molecule has 2 rings (SSSR count). The van der Waals surface area contributed by atoms with Crippen LogP contribution in [0.15, 0.2) is 4.79 Å². The Bertz CT molecular complexity index is 448. The summed E-state index contributed by atoms with van der Waals surface area (Å²) in [4.78, 5) is 21.3. The highest BCUT2D eigenvalue weighted by molar-refractivity contribution is 14.1. The van der Waals surface area contributed by atoms with E-state index in [0.717, 1.165) is 29.6 Å². The molecule has 0 radical (unpaired) electrons. The maximum Gasteiger partial charge on any atom is 0.264 e. The van der Waals surface area contributed by atoms with Crippen LogP contribution in [-0.2, 0) is 0 Å². The minimum absolute atomic E-state index is 0.0212. The largest absolute Gasteiger partial charge is 0.308 e. The molecule has 6 heteroatoms. The van der Waals surface area contributed by atoms with Crippen LogP contribution in [0.25, 0.3) is 0 Å². The lowest BCUT2D eigenvalue weighted by atomic mass is 10.2. The van der Waals surface area contributed by atoms with Crippen LogP contribution in [0.4, 0.5) is 0 Å². The van der Waals surface area contributed by atoms with Crippen molar-refractivity contribution < 1.29 is 0 Å². The van der Waals surface area contributed by atoms with Crippen LogP contribution in [-0.4, -0.2) is 40.0 Å². The number of rotatable bonds is 1. The second-order valence-electron chi connectivity index (χ2n) is 3.92. The average molecular weight is 351 g/mol. The standard InChI is InChI=1S/C10H14IN3OS/c1-6-8(11)10(15)13-9(12-6)7-5-16-4-3-14(7)2/h7H,3-5H2,1-2H3,(H,12,13,15). The van der Waals surface area contributed by atoms with Crippen LogP contribution in [0.2, 0.25) is 0 Å². The van der Waals surface area contributed by atoms with Gasteiger partial charge in [0.05, 0.1) is 15.3 Å². The SMILES string of the molecule is Cc1nc(C2CSCCN2C)[nH]c(=O)c1I. The van der Waals surface area contributed by atoms with Gasteiger partial charge in [-0.25, -0.2) is 4.98 Å². The number of nitrogens with zero attached hydrogens (tertiary/aromatic N) is 2. The van der Waals surface area contributed by atoms with Crippen molar-refractivity contribution in [1.29, 1.82) is 0 Å². The highest BCUT2D eigenvalue weighted by atomic mass is 127. The predicted octanol–water partition coefficient (Wildman–Crippen LogP) is 1.40. The molecule has 1 aliphatic rings. The third kappa shape index (κ3) is 2.43. The summed E-state index contributed by atoms with van der Waals surface area (Å²) in [5.41, 5.74) is 0.801. The fourth-order valence-corrected chi connectivity index (χ4v) is 3.20. The molecular formula is C10H14IN3OS. The third-order valence-corrected chi connectivity index (χ3v) is 5.05. The quantitative estimate of drug-likeness (QED) is 0.778. The average Bonchev–Trinajstić information content (AvgIpc) is 2.26. The fraction of sp³-hybridized carbons (Fsp3) is 0.600. The van der Waals surface area contributed by atoms with Gasteiger partial charge in [-0.3, -0.25) is 9.69 Å². The van der Waals surface area contributed by atoms with Gasteiger partial charge in [-0.1, -0.05) is 0 Å². The summed E-state index contributed by atoms with van der Waals surface area (Å²) in [7, 11) is 2.08. The lowest BCUT2D eigenvalue weighted by Crippen LogP contribution is -2.35. The molecule has 0 saturated carbocycles. The van der Waals surface area contributed by atoms with Crippen LogP contribution in [0, 0.1) is 10.5 Å². The second-order valence-corrected chi connectivity index (χ2v) is 6.15. The first-order valence-electron chi connectivity index (χ1n) is 5.14. The number of aromatic amines is 1. The Balaban J connectivity index is 2.36. The monoisotopic (exact) mass is 351 g/mol. The number of hydrogen-bond acceptors (Lipinski definition) is 4. The van der Waals surface area contributed by atoms with E-state index in [0.29, 0.717) is 3.57 Å². The van der Waals surface area contributed by atoms with Crippen LogP contribution >= 0.6 is 34.4 Å². The van der Waals surface area contributed by atoms with Gasteiger partial charge in [0.1, 0.15) is 5.82 Å². The molecule has 0 aliphatic carbocycles. The van der Waals surface area contributed by atoms with Gasteiger partial charge in [0, 0.05) is 18.1 Å². The summed E-state index contributed by atoms with van der Waals surface area (Å²) < 4.78 is 0.687. The number of H-pyrrole nitrogens is 1. The molecule has 0 spiro atoms. The molecule has 2 heterocycles. The van der Waals surface area contributed by atoms with Crippen molar-refractivity contribution in [3.05, 3.63) is 25.4 Å². The summed E-state index contributed by atoms with van der Waals surface area (Å²) in [5, 5.41) is 0. The minimum atomic E-state index is -0.0212. The number of aryl methyl sites for hydroxylation is 1. The Morgan fingerprint density at radius 1 is 1.62 bits per heavy atom. The van der Waals surface area contributed by atoms with Gasteiger partial charge < -0.3 is 4.98 Å². The van der Waals surface area contributed by atoms with Crippen LogP contribution in [0.1, 0.15) is 17.6 Å². The molecule has 0 amide bonds. The van der Waals surface area contributed by atoms with E-state index < -0.39 is 0 Å². The Hall–Kier alpha value is -0.0800. The Morgan fingerprint density at radius 3 is 3.00 bits per heavy atom. The molecule has 1 aromatic rings. The first kappa shape index (κ1) is 12.4. The van der Waals surface area contributed by atoms with Crippen molar-refractivity contribution in [2.75, 3.05) is 25.1 Å². The zero-order valence-electron chi connectivity index (χ0n) is 9.29. The highest BCUT2D eigenvalue weighted by Gasteiger charge is 2.23. The van der Waals surface area contributed by atoms with Gasteiger partial charge in [-0.05, 0) is 36.6 Å². The molecule has 0 bridgehead atoms. The van der Waals surface area contributed by atoms with Gasteiger partial charge in [0.25, 0.3) is 5.56 Å². The zero-order valence-corrected chi connectivity index (χ0v) is 12.3. The van der Waals surface area contributed by atoms with E-state index in [1.54, 1.807) is 0 Å². The zero-order chi connectivity index (χ0) is 11.7. The number of halogens is 1. The molecule has 0 aromatic carbocycles. The van der Waals surface area contributed by atoms with Crippen molar-refractivity contribution in [2.45, 2.75) is 13.0 Å². The predicted molar refractivity (Wildman–Crippen MR) is 75.0 cm³/mol. The third-order valence-electron chi connectivity index (χ3n) is 2.76. The van der Waals surface area contributed by atoms with Crippen LogP contribution in [0.3, 0.4) is 0 Å². The smallest absolute Gasteiger partial charge is 0.264 e. The van der Waals surface area contributed by atoms with E-state index in [1.807, 2.05) is 41.3 Å². The molecule has 1 N–H and O–H groups in total. The lowest BCUT2D eigenvalue weighted by molar-refractivity contribution is 0.263. The summed E-state index contributed by atoms with van der Waals surface area (Å²) in [5.74, 6) is 2.96. The Morgan fingerprint density at radius 2 is 2.38 bits per heavy atom. The van der Waals surface area contributed by atoms with Crippen LogP contribution < -0.4 is 5.56 Å². The first-order valence-corrected chi connectivity index (χ1v) is 7.37. The van der Waals surface area contributed by atoms with Gasteiger partial charge in [0.15, 0.2) is 0 Å². The number of thioether (sulfide) groups is 1. The summed E-state index contributed by atoms with van der Waals surface area (Å²) >= 11 is 3.95. The maximum absolute atomic E-state index is 11.7. The van der Waals surface area contributed by atoms with E-state index in [1.165, 1.54) is 0 Å². The Kier molecular flexibility index (Phi) is 3.91. The van der Waals surface area contributed by atoms with E-state index in [4.69, 9.17) is 0 Å². The first-order chi connectivity index (χ1) is 7.59. The van der Waals surface area contributed by atoms with Crippen LogP contribution in [0.5, 0.6) is 0 Å². The lowest BCUT2D eigenvalue weighted by Gasteiger charge is -2.31. The van der Waals surface area contributed by atoms with Crippen molar-refractivity contribution in [1.82, 2.24) is 14.9 Å². The van der Waals surface area contributed by atoms with E-state index in [-0.39, 0.29) is 11.6 Å². The molecule has 1 unspecified atom stereocenters. The molecule has 16 heavy (non-hydrogen) atoms. The number of aromatic nitrogens is 2. The summed E-state index contributed by atoms with van der Waals surface area (Å²) in [6.45, 7) is 2.93. The molecule has 1 saturated heterocycles. The molecule has 1 fully saturated rings. The molecule has 4 nitrogen and oxygen atoms in total. The van der Waals surface area contributed by atoms with E-state index in [2.05, 4.69) is 21.9 Å². The second kappa shape index (κ2) is 5.05. The molecule has 1 atom stereocenters. The number of hydrogen-bond donors (Lipinski definition) is 1. The van der Waals surface area contributed by atoms with E-state index in [9.17, 15) is 4.79 Å².